The highest BCUT2D eigenvalue weighted by molar-refractivity contribution is 5.95. The number of hydrogen-bond acceptors (Lipinski definition) is 5. The highest BCUT2D eigenvalue weighted by Crippen LogP contribution is 2.19. The molecule has 0 spiro atoms. The molecule has 0 radical (unpaired) electrons. The molecule has 1 aliphatic heterocycles. The first-order valence-corrected chi connectivity index (χ1v) is 8.37. The van der Waals surface area contributed by atoms with E-state index in [0.29, 0.717) is 12.6 Å². The molecule has 3 rings (SSSR count). The summed E-state index contributed by atoms with van der Waals surface area (Å²) in [5.74, 6) is 0.924. The maximum absolute atomic E-state index is 12.8. The minimum atomic E-state index is 0.112. The van der Waals surface area contributed by atoms with Crippen LogP contribution in [0.25, 0.3) is 0 Å². The van der Waals surface area contributed by atoms with Crippen molar-refractivity contribution in [1.82, 2.24) is 24.8 Å². The summed E-state index contributed by atoms with van der Waals surface area (Å²) in [5, 5.41) is 0. The van der Waals surface area contributed by atoms with Gasteiger partial charge in [0.05, 0.1) is 6.54 Å². The molecule has 2 aromatic rings. The number of aryl methyl sites for hydroxylation is 1. The summed E-state index contributed by atoms with van der Waals surface area (Å²) >= 11 is 0. The Labute approximate surface area is 142 Å². The van der Waals surface area contributed by atoms with Crippen LogP contribution >= 0.6 is 0 Å². The van der Waals surface area contributed by atoms with Crippen molar-refractivity contribution in [2.45, 2.75) is 32.4 Å². The molecule has 1 fully saturated rings. The van der Waals surface area contributed by atoms with Crippen molar-refractivity contribution >= 4 is 5.91 Å². The molecule has 1 atom stereocenters. The fraction of sp³-hybridized carbons (Fsp3) is 0.444. The molecule has 1 saturated heterocycles. The van der Waals surface area contributed by atoms with Crippen LogP contribution in [0.3, 0.4) is 0 Å². The number of carbonyl (C=O) groups excluding carboxylic acids is 1. The van der Waals surface area contributed by atoms with Gasteiger partial charge in [0.1, 0.15) is 5.82 Å². The average molecular weight is 325 g/mol. The van der Waals surface area contributed by atoms with Crippen LogP contribution in [0.2, 0.25) is 0 Å². The molecule has 3 heterocycles. The molecule has 0 aromatic carbocycles. The second kappa shape index (κ2) is 7.49. The summed E-state index contributed by atoms with van der Waals surface area (Å²) in [6.07, 6.45) is 8.80. The fourth-order valence-corrected chi connectivity index (χ4v) is 3.14. The number of amides is 1. The van der Waals surface area contributed by atoms with Gasteiger partial charge in [-0.25, -0.2) is 9.97 Å². The quantitative estimate of drug-likeness (QED) is 0.838. The van der Waals surface area contributed by atoms with E-state index in [-0.39, 0.29) is 5.91 Å². The van der Waals surface area contributed by atoms with Crippen molar-refractivity contribution in [1.29, 1.82) is 0 Å². The molecule has 24 heavy (non-hydrogen) atoms. The summed E-state index contributed by atoms with van der Waals surface area (Å²) in [6.45, 7) is 4.28. The van der Waals surface area contributed by atoms with E-state index >= 15 is 0 Å². The van der Waals surface area contributed by atoms with Gasteiger partial charge in [-0.3, -0.25) is 14.7 Å². The number of nitrogens with zero attached hydrogens (tertiary/aromatic N) is 5. The number of likely N-dealkylation sites (tertiary alicyclic amines) is 1. The van der Waals surface area contributed by atoms with Crippen molar-refractivity contribution in [3.05, 3.63) is 53.9 Å². The standard InChI is InChI=1S/C18H23N5O/c1-3-14-11-19-9-5-16(14)18(24)23-10-6-15(12-23)22(2)13-17-20-7-4-8-21-17/h4-5,7-9,11,15H,3,6,10,12-13H2,1-2H3/t15-/m0/s1. The minimum Gasteiger partial charge on any atom is -0.337 e. The molecular weight excluding hydrogens is 302 g/mol. The zero-order chi connectivity index (χ0) is 16.9. The lowest BCUT2D eigenvalue weighted by Crippen LogP contribution is -2.36. The lowest BCUT2D eigenvalue weighted by atomic mass is 10.1. The van der Waals surface area contributed by atoms with Gasteiger partial charge in [0.25, 0.3) is 5.91 Å². The minimum absolute atomic E-state index is 0.112. The van der Waals surface area contributed by atoms with E-state index in [4.69, 9.17) is 0 Å². The van der Waals surface area contributed by atoms with E-state index in [1.807, 2.05) is 24.0 Å². The van der Waals surface area contributed by atoms with Crippen LogP contribution in [0.1, 0.15) is 35.1 Å². The smallest absolute Gasteiger partial charge is 0.254 e. The number of hydrogen-bond donors (Lipinski definition) is 0. The third kappa shape index (κ3) is 3.59. The van der Waals surface area contributed by atoms with Crippen LogP contribution in [-0.4, -0.2) is 56.8 Å². The van der Waals surface area contributed by atoms with Crippen molar-refractivity contribution < 1.29 is 4.79 Å². The number of rotatable bonds is 5. The largest absolute Gasteiger partial charge is 0.337 e. The van der Waals surface area contributed by atoms with Crippen molar-refractivity contribution in [3.63, 3.8) is 0 Å². The Morgan fingerprint density at radius 3 is 2.88 bits per heavy atom. The molecule has 0 bridgehead atoms. The Morgan fingerprint density at radius 1 is 1.33 bits per heavy atom. The Hall–Kier alpha value is -2.34. The predicted molar refractivity (Wildman–Crippen MR) is 91.4 cm³/mol. The van der Waals surface area contributed by atoms with Crippen LogP contribution in [0.15, 0.2) is 36.9 Å². The van der Waals surface area contributed by atoms with Gasteiger partial charge in [0.2, 0.25) is 0 Å². The molecule has 0 N–H and O–H groups in total. The number of pyridine rings is 1. The number of carbonyl (C=O) groups is 1. The van der Waals surface area contributed by atoms with Crippen LogP contribution < -0.4 is 0 Å². The maximum Gasteiger partial charge on any atom is 0.254 e. The lowest BCUT2D eigenvalue weighted by Gasteiger charge is -2.24. The monoisotopic (exact) mass is 325 g/mol. The van der Waals surface area contributed by atoms with Crippen molar-refractivity contribution in [2.75, 3.05) is 20.1 Å². The zero-order valence-electron chi connectivity index (χ0n) is 14.2. The first-order chi connectivity index (χ1) is 11.7. The van der Waals surface area contributed by atoms with Gasteiger partial charge in [-0.15, -0.1) is 0 Å². The summed E-state index contributed by atoms with van der Waals surface area (Å²) < 4.78 is 0. The number of likely N-dealkylation sites (N-methyl/N-ethyl adjacent to an activating group) is 1. The second-order valence-corrected chi connectivity index (χ2v) is 6.16. The molecule has 6 nitrogen and oxygen atoms in total. The molecule has 6 heteroatoms. The van der Waals surface area contributed by atoms with Gasteiger partial charge in [-0.05, 0) is 37.6 Å². The van der Waals surface area contributed by atoms with E-state index in [1.165, 1.54) is 0 Å². The second-order valence-electron chi connectivity index (χ2n) is 6.16. The molecule has 1 amide bonds. The van der Waals surface area contributed by atoms with E-state index in [2.05, 4.69) is 26.9 Å². The first-order valence-electron chi connectivity index (χ1n) is 8.37. The Balaban J connectivity index is 1.63. The Morgan fingerprint density at radius 2 is 2.12 bits per heavy atom. The third-order valence-corrected chi connectivity index (χ3v) is 4.60. The average Bonchev–Trinajstić information content (AvgIpc) is 3.12. The van der Waals surface area contributed by atoms with Crippen LogP contribution in [0.5, 0.6) is 0 Å². The van der Waals surface area contributed by atoms with Crippen LogP contribution in [0, 0.1) is 0 Å². The Bertz CT molecular complexity index is 691. The predicted octanol–water partition coefficient (Wildman–Crippen LogP) is 1.78. The summed E-state index contributed by atoms with van der Waals surface area (Å²) in [4.78, 5) is 29.7. The normalized spacial score (nSPS) is 17.5. The van der Waals surface area contributed by atoms with E-state index in [1.54, 1.807) is 24.8 Å². The lowest BCUT2D eigenvalue weighted by molar-refractivity contribution is 0.0778. The molecule has 0 unspecified atom stereocenters. The molecule has 2 aromatic heterocycles. The highest BCUT2D eigenvalue weighted by atomic mass is 16.2. The third-order valence-electron chi connectivity index (χ3n) is 4.60. The summed E-state index contributed by atoms with van der Waals surface area (Å²) in [6, 6.07) is 3.99. The van der Waals surface area contributed by atoms with Gasteiger partial charge in [-0.2, -0.15) is 0 Å². The van der Waals surface area contributed by atoms with Gasteiger partial charge in [0, 0.05) is 49.5 Å². The first kappa shape index (κ1) is 16.5. The molecule has 126 valence electrons. The summed E-state index contributed by atoms with van der Waals surface area (Å²) in [5.41, 5.74) is 1.79. The van der Waals surface area contributed by atoms with Crippen LogP contribution in [0.4, 0.5) is 0 Å². The topological polar surface area (TPSA) is 62.2 Å². The number of aromatic nitrogens is 3. The van der Waals surface area contributed by atoms with E-state index < -0.39 is 0 Å². The fourth-order valence-electron chi connectivity index (χ4n) is 3.14. The van der Waals surface area contributed by atoms with Gasteiger partial charge < -0.3 is 4.90 Å². The van der Waals surface area contributed by atoms with Gasteiger partial charge >= 0.3 is 0 Å². The molecular formula is C18H23N5O. The SMILES string of the molecule is CCc1cnccc1C(=O)N1CC[C@H](N(C)Cc2ncccn2)C1. The Kier molecular flexibility index (Phi) is 5.15. The van der Waals surface area contributed by atoms with Gasteiger partial charge in [-0.1, -0.05) is 6.92 Å². The van der Waals surface area contributed by atoms with E-state index in [9.17, 15) is 4.79 Å². The maximum atomic E-state index is 12.8. The zero-order valence-corrected chi connectivity index (χ0v) is 14.2. The summed E-state index contributed by atoms with van der Waals surface area (Å²) in [7, 11) is 2.07. The van der Waals surface area contributed by atoms with E-state index in [0.717, 1.165) is 42.9 Å². The highest BCUT2D eigenvalue weighted by Gasteiger charge is 2.30. The van der Waals surface area contributed by atoms with Crippen LogP contribution in [-0.2, 0) is 13.0 Å². The van der Waals surface area contributed by atoms with Crippen molar-refractivity contribution in [2.24, 2.45) is 0 Å². The molecule has 0 aliphatic carbocycles. The van der Waals surface area contributed by atoms with Gasteiger partial charge in [0.15, 0.2) is 0 Å². The molecule has 1 aliphatic rings. The van der Waals surface area contributed by atoms with Crippen molar-refractivity contribution in [3.8, 4) is 0 Å². The molecule has 0 saturated carbocycles.